The van der Waals surface area contributed by atoms with Crippen LogP contribution >= 0.6 is 31.9 Å². The molecule has 1 heterocycles. The van der Waals surface area contributed by atoms with E-state index >= 15 is 0 Å². The molecule has 0 aliphatic heterocycles. The number of nitrogens with zero attached hydrogens (tertiary/aromatic N) is 2. The van der Waals surface area contributed by atoms with Crippen molar-refractivity contribution in [3.8, 4) is 0 Å². The smallest absolute Gasteiger partial charge is 0.0759 e. The van der Waals surface area contributed by atoms with Gasteiger partial charge in [-0.3, -0.25) is 4.68 Å². The van der Waals surface area contributed by atoms with E-state index in [1.807, 2.05) is 17.9 Å². The summed E-state index contributed by atoms with van der Waals surface area (Å²) in [6.45, 7) is 7.42. The Morgan fingerprint density at radius 3 is 2.33 bits per heavy atom. The highest BCUT2D eigenvalue weighted by Crippen LogP contribution is 2.32. The van der Waals surface area contributed by atoms with E-state index in [-0.39, 0.29) is 6.04 Å². The van der Waals surface area contributed by atoms with E-state index in [1.165, 1.54) is 21.2 Å². The molecular weight excluding hydrogens is 394 g/mol. The number of rotatable bonds is 5. The molecule has 0 saturated heterocycles. The predicted molar refractivity (Wildman–Crippen MR) is 94.7 cm³/mol. The Morgan fingerprint density at radius 1 is 1.24 bits per heavy atom. The van der Waals surface area contributed by atoms with Gasteiger partial charge < -0.3 is 5.32 Å². The van der Waals surface area contributed by atoms with E-state index in [2.05, 4.69) is 75.2 Å². The maximum absolute atomic E-state index is 4.35. The second-order valence-corrected chi connectivity index (χ2v) is 7.00. The molecule has 1 aromatic carbocycles. The van der Waals surface area contributed by atoms with Gasteiger partial charge in [-0.1, -0.05) is 35.0 Å². The van der Waals surface area contributed by atoms with Gasteiger partial charge in [-0.2, -0.15) is 5.10 Å². The number of aryl methyl sites for hydroxylation is 3. The molecule has 2 aromatic rings. The van der Waals surface area contributed by atoms with Crippen LogP contribution in [0.3, 0.4) is 0 Å². The third-order valence-electron chi connectivity index (χ3n) is 3.60. The highest BCUT2D eigenvalue weighted by Gasteiger charge is 2.21. The highest BCUT2D eigenvalue weighted by atomic mass is 79.9. The van der Waals surface area contributed by atoms with Gasteiger partial charge in [0.05, 0.1) is 22.4 Å². The summed E-state index contributed by atoms with van der Waals surface area (Å²) < 4.78 is 4.16. The Balaban J connectivity index is 2.51. The van der Waals surface area contributed by atoms with Gasteiger partial charge in [-0.25, -0.2) is 0 Å². The molecule has 0 spiro atoms. The lowest BCUT2D eigenvalue weighted by Gasteiger charge is -2.21. The van der Waals surface area contributed by atoms with Crippen LogP contribution in [-0.4, -0.2) is 16.3 Å². The van der Waals surface area contributed by atoms with Crippen molar-refractivity contribution in [2.75, 3.05) is 6.54 Å². The third-order valence-corrected chi connectivity index (χ3v) is 5.46. The monoisotopic (exact) mass is 413 g/mol. The largest absolute Gasteiger partial charge is 0.305 e. The first-order valence-corrected chi connectivity index (χ1v) is 8.71. The Bertz CT molecular complexity index is 592. The molecule has 1 atom stereocenters. The second-order valence-electron chi connectivity index (χ2n) is 5.36. The van der Waals surface area contributed by atoms with Gasteiger partial charge >= 0.3 is 0 Å². The first kappa shape index (κ1) is 16.7. The van der Waals surface area contributed by atoms with Gasteiger partial charge in [0.25, 0.3) is 0 Å². The van der Waals surface area contributed by atoms with Crippen LogP contribution in [0.2, 0.25) is 0 Å². The van der Waals surface area contributed by atoms with E-state index in [4.69, 9.17) is 0 Å². The fraction of sp³-hybridized carbons (Fsp3) is 0.438. The number of halogens is 2. The highest BCUT2D eigenvalue weighted by molar-refractivity contribution is 9.10. The van der Waals surface area contributed by atoms with E-state index in [1.54, 1.807) is 0 Å². The molecular formula is C16H21Br2N3. The number of aromatic nitrogens is 2. The van der Waals surface area contributed by atoms with Gasteiger partial charge in [-0.05, 0) is 59.4 Å². The number of hydrogen-bond donors (Lipinski definition) is 1. The van der Waals surface area contributed by atoms with Gasteiger partial charge in [0.15, 0.2) is 0 Å². The topological polar surface area (TPSA) is 29.9 Å². The summed E-state index contributed by atoms with van der Waals surface area (Å²) in [4.78, 5) is 0. The van der Waals surface area contributed by atoms with Gasteiger partial charge in [0.1, 0.15) is 0 Å². The van der Waals surface area contributed by atoms with Crippen LogP contribution < -0.4 is 5.32 Å². The summed E-state index contributed by atoms with van der Waals surface area (Å²) in [6, 6.07) is 4.62. The molecule has 0 saturated carbocycles. The quantitative estimate of drug-likeness (QED) is 0.771. The summed E-state index contributed by atoms with van der Waals surface area (Å²) in [6.07, 6.45) is 2.95. The Labute approximate surface area is 143 Å². The molecule has 2 rings (SSSR count). The summed E-state index contributed by atoms with van der Waals surface area (Å²) >= 11 is 7.27. The van der Waals surface area contributed by atoms with Crippen LogP contribution in [0, 0.1) is 13.8 Å². The molecule has 0 fully saturated rings. The average Bonchev–Trinajstić information content (AvgIpc) is 2.77. The van der Waals surface area contributed by atoms with Crippen LogP contribution in [0.15, 0.2) is 27.3 Å². The van der Waals surface area contributed by atoms with Crippen molar-refractivity contribution < 1.29 is 0 Å². The van der Waals surface area contributed by atoms with Crippen molar-refractivity contribution in [1.29, 1.82) is 0 Å². The van der Waals surface area contributed by atoms with Crippen LogP contribution in [0.5, 0.6) is 0 Å². The first-order chi connectivity index (χ1) is 9.95. The van der Waals surface area contributed by atoms with E-state index < -0.39 is 0 Å². The molecule has 0 aliphatic carbocycles. The van der Waals surface area contributed by atoms with Gasteiger partial charge in [-0.15, -0.1) is 0 Å². The molecule has 1 N–H and O–H groups in total. The average molecular weight is 415 g/mol. The zero-order valence-corrected chi connectivity index (χ0v) is 16.0. The molecule has 1 unspecified atom stereocenters. The molecule has 5 heteroatoms. The fourth-order valence-electron chi connectivity index (χ4n) is 2.55. The van der Waals surface area contributed by atoms with E-state index in [0.29, 0.717) is 0 Å². The Kier molecular flexibility index (Phi) is 5.63. The van der Waals surface area contributed by atoms with Crippen LogP contribution in [0.25, 0.3) is 0 Å². The standard InChI is InChI=1S/C16H21Br2N3/c1-5-6-19-15(16-13(17)9-20-21(16)4)12-7-10(2)14(18)11(3)8-12/h7-9,15,19H,5-6H2,1-4H3. The number of hydrogen-bond acceptors (Lipinski definition) is 2. The lowest BCUT2D eigenvalue weighted by molar-refractivity contribution is 0.551. The maximum Gasteiger partial charge on any atom is 0.0759 e. The zero-order valence-electron chi connectivity index (χ0n) is 12.9. The van der Waals surface area contributed by atoms with E-state index in [9.17, 15) is 0 Å². The SMILES string of the molecule is CCCNC(c1cc(C)c(Br)c(C)c1)c1c(Br)cnn1C. The van der Waals surface area contributed by atoms with Crippen molar-refractivity contribution >= 4 is 31.9 Å². The number of nitrogens with one attached hydrogen (secondary N) is 1. The van der Waals surface area contributed by atoms with Crippen LogP contribution in [-0.2, 0) is 7.05 Å². The lowest BCUT2D eigenvalue weighted by atomic mass is 9.99. The van der Waals surface area contributed by atoms with Gasteiger partial charge in [0.2, 0.25) is 0 Å². The molecule has 114 valence electrons. The molecule has 0 aliphatic rings. The Morgan fingerprint density at radius 2 is 1.86 bits per heavy atom. The first-order valence-electron chi connectivity index (χ1n) is 7.13. The normalized spacial score (nSPS) is 12.7. The predicted octanol–water partition coefficient (Wildman–Crippen LogP) is 4.65. The van der Waals surface area contributed by atoms with Crippen LogP contribution in [0.4, 0.5) is 0 Å². The van der Waals surface area contributed by atoms with Crippen molar-refractivity contribution in [2.45, 2.75) is 33.2 Å². The summed E-state index contributed by atoms with van der Waals surface area (Å²) in [5.74, 6) is 0. The van der Waals surface area contributed by atoms with Gasteiger partial charge in [0, 0.05) is 11.5 Å². The van der Waals surface area contributed by atoms with Crippen molar-refractivity contribution in [1.82, 2.24) is 15.1 Å². The second kappa shape index (κ2) is 7.07. The van der Waals surface area contributed by atoms with Crippen molar-refractivity contribution in [3.05, 3.63) is 49.7 Å². The number of benzene rings is 1. The van der Waals surface area contributed by atoms with Crippen molar-refractivity contribution in [2.24, 2.45) is 7.05 Å². The van der Waals surface area contributed by atoms with Crippen molar-refractivity contribution in [3.63, 3.8) is 0 Å². The third kappa shape index (κ3) is 3.58. The fourth-order valence-corrected chi connectivity index (χ4v) is 3.36. The minimum absolute atomic E-state index is 0.136. The Hall–Kier alpha value is -0.650. The molecule has 1 aromatic heterocycles. The molecule has 0 bridgehead atoms. The van der Waals surface area contributed by atoms with Crippen LogP contribution in [0.1, 0.15) is 41.8 Å². The molecule has 21 heavy (non-hydrogen) atoms. The maximum atomic E-state index is 4.35. The molecule has 0 radical (unpaired) electrons. The minimum Gasteiger partial charge on any atom is -0.305 e. The molecule has 0 amide bonds. The lowest BCUT2D eigenvalue weighted by Crippen LogP contribution is -2.26. The summed E-state index contributed by atoms with van der Waals surface area (Å²) in [5.41, 5.74) is 4.94. The summed E-state index contributed by atoms with van der Waals surface area (Å²) in [7, 11) is 1.99. The zero-order chi connectivity index (χ0) is 15.6. The molecule has 3 nitrogen and oxygen atoms in total. The van der Waals surface area contributed by atoms with E-state index in [0.717, 1.165) is 23.1 Å². The summed E-state index contributed by atoms with van der Waals surface area (Å²) in [5, 5.41) is 7.99. The minimum atomic E-state index is 0.136.